The average molecular weight is 367 g/mol. The van der Waals surface area contributed by atoms with E-state index in [1.807, 2.05) is 6.92 Å². The Morgan fingerprint density at radius 1 is 1.17 bits per heavy atom. The summed E-state index contributed by atoms with van der Waals surface area (Å²) in [6.45, 7) is 5.37. The first-order valence-corrected chi connectivity index (χ1v) is 9.68. The highest BCUT2D eigenvalue weighted by Gasteiger charge is 2.28. The van der Waals surface area contributed by atoms with Crippen molar-refractivity contribution in [2.75, 3.05) is 5.75 Å². The van der Waals surface area contributed by atoms with Gasteiger partial charge in [0.25, 0.3) is 0 Å². The van der Waals surface area contributed by atoms with Gasteiger partial charge < -0.3 is 5.73 Å². The van der Waals surface area contributed by atoms with Crippen molar-refractivity contribution in [3.8, 4) is 0 Å². The highest BCUT2D eigenvalue weighted by atomic mass is 32.2. The van der Waals surface area contributed by atoms with E-state index in [1.54, 1.807) is 19.9 Å². The molecule has 5 nitrogen and oxygen atoms in total. The molecule has 2 aromatic rings. The lowest BCUT2D eigenvalue weighted by atomic mass is 10.3. The quantitative estimate of drug-likeness (QED) is 0.818. The molecule has 0 saturated carbocycles. The third-order valence-electron chi connectivity index (χ3n) is 3.10. The van der Waals surface area contributed by atoms with E-state index >= 15 is 0 Å². The van der Waals surface area contributed by atoms with Gasteiger partial charge in [-0.2, -0.15) is 0 Å². The lowest BCUT2D eigenvalue weighted by molar-refractivity contribution is 0.603. The summed E-state index contributed by atoms with van der Waals surface area (Å²) in [7, 11) is -3.98. The van der Waals surface area contributed by atoms with Gasteiger partial charge in [0.05, 0.1) is 9.92 Å². The predicted molar refractivity (Wildman–Crippen MR) is 94.3 cm³/mol. The van der Waals surface area contributed by atoms with Crippen molar-refractivity contribution >= 4 is 26.5 Å². The molecule has 0 saturated heterocycles. The third kappa shape index (κ3) is 3.93. The monoisotopic (exact) mass is 367 g/mol. The molecule has 0 spiro atoms. The Labute approximate surface area is 145 Å². The molecule has 0 fully saturated rings. The number of nitrogens with zero attached hydrogens (tertiary/aromatic N) is 2. The Bertz CT molecular complexity index is 858. The van der Waals surface area contributed by atoms with Crippen LogP contribution in [0, 0.1) is 19.7 Å². The van der Waals surface area contributed by atoms with Crippen LogP contribution in [0.15, 0.2) is 40.3 Å². The van der Waals surface area contributed by atoms with Crippen molar-refractivity contribution in [1.29, 1.82) is 0 Å². The van der Waals surface area contributed by atoms with Crippen LogP contribution in [-0.2, 0) is 9.84 Å². The van der Waals surface area contributed by atoms with Crippen molar-refractivity contribution in [2.24, 2.45) is 5.73 Å². The van der Waals surface area contributed by atoms with Crippen LogP contribution in [0.25, 0.3) is 4.91 Å². The van der Waals surface area contributed by atoms with Gasteiger partial charge in [0.15, 0.2) is 5.82 Å². The normalized spacial score (nSPS) is 12.8. The fourth-order valence-electron chi connectivity index (χ4n) is 2.14. The molecule has 0 radical (unpaired) electrons. The van der Waals surface area contributed by atoms with E-state index in [2.05, 4.69) is 9.97 Å². The summed E-state index contributed by atoms with van der Waals surface area (Å²) in [5.74, 6) is 0.132. The van der Waals surface area contributed by atoms with Gasteiger partial charge in [0.1, 0.15) is 10.7 Å². The van der Waals surface area contributed by atoms with Crippen LogP contribution in [0.4, 0.5) is 4.39 Å². The molecular weight excluding hydrogens is 349 g/mol. The fourth-order valence-corrected chi connectivity index (χ4v) is 4.51. The average Bonchev–Trinajstić information content (AvgIpc) is 2.46. The van der Waals surface area contributed by atoms with Crippen LogP contribution in [0.1, 0.15) is 24.1 Å². The summed E-state index contributed by atoms with van der Waals surface area (Å²) in [5, 5.41) is 0.117. The highest BCUT2D eigenvalue weighted by molar-refractivity contribution is 8.06. The molecule has 128 valence electrons. The van der Waals surface area contributed by atoms with Crippen LogP contribution < -0.4 is 5.73 Å². The molecule has 0 amide bonds. The highest BCUT2D eigenvalue weighted by Crippen LogP contribution is 2.31. The van der Waals surface area contributed by atoms with E-state index in [4.69, 9.17) is 5.73 Å². The van der Waals surface area contributed by atoms with Gasteiger partial charge in [-0.05, 0) is 49.9 Å². The first-order valence-electron chi connectivity index (χ1n) is 7.21. The van der Waals surface area contributed by atoms with Gasteiger partial charge in [0, 0.05) is 11.4 Å². The summed E-state index contributed by atoms with van der Waals surface area (Å²) in [6, 6.07) is 6.34. The molecule has 1 aromatic carbocycles. The second-order valence-corrected chi connectivity index (χ2v) is 8.25. The number of nitrogens with two attached hydrogens (primary N) is 1. The molecule has 0 aliphatic rings. The minimum atomic E-state index is -3.98. The second kappa shape index (κ2) is 7.31. The summed E-state index contributed by atoms with van der Waals surface area (Å²) in [4.78, 5) is 8.26. The van der Waals surface area contributed by atoms with E-state index < -0.39 is 15.7 Å². The smallest absolute Gasteiger partial charge is 0.212 e. The van der Waals surface area contributed by atoms with Crippen molar-refractivity contribution in [3.05, 3.63) is 58.4 Å². The molecule has 8 heteroatoms. The topological polar surface area (TPSA) is 85.9 Å². The van der Waals surface area contributed by atoms with E-state index in [1.165, 1.54) is 23.9 Å². The predicted octanol–water partition coefficient (Wildman–Crippen LogP) is 3.04. The molecule has 0 bridgehead atoms. The number of halogens is 1. The number of hydrogen-bond acceptors (Lipinski definition) is 6. The Kier molecular flexibility index (Phi) is 5.61. The zero-order valence-electron chi connectivity index (χ0n) is 13.6. The minimum absolute atomic E-state index is 0.0512. The van der Waals surface area contributed by atoms with Crippen LogP contribution in [0.5, 0.6) is 0 Å². The van der Waals surface area contributed by atoms with Gasteiger partial charge in [-0.3, -0.25) is 0 Å². The van der Waals surface area contributed by atoms with Crippen LogP contribution in [-0.4, -0.2) is 24.1 Å². The first kappa shape index (κ1) is 18.4. The largest absolute Gasteiger partial charge is 0.392 e. The molecular formula is C16H18FN3O2S2. The SMILES string of the molecule is CCSC(N)=C(c1nc(C)cc(C)n1)S(=O)(=O)c1ccc(F)cc1. The van der Waals surface area contributed by atoms with Gasteiger partial charge >= 0.3 is 0 Å². The van der Waals surface area contributed by atoms with Crippen molar-refractivity contribution < 1.29 is 12.8 Å². The van der Waals surface area contributed by atoms with E-state index in [0.717, 1.165) is 12.1 Å². The van der Waals surface area contributed by atoms with E-state index in [-0.39, 0.29) is 20.7 Å². The Morgan fingerprint density at radius 3 is 2.21 bits per heavy atom. The minimum Gasteiger partial charge on any atom is -0.392 e. The molecule has 1 aromatic heterocycles. The zero-order chi connectivity index (χ0) is 17.9. The summed E-state index contributed by atoms with van der Waals surface area (Å²) in [6.07, 6.45) is 0. The van der Waals surface area contributed by atoms with Gasteiger partial charge in [0.2, 0.25) is 9.84 Å². The number of aromatic nitrogens is 2. The number of rotatable bonds is 5. The van der Waals surface area contributed by atoms with Crippen LogP contribution in [0.3, 0.4) is 0 Å². The Balaban J connectivity index is 2.71. The zero-order valence-corrected chi connectivity index (χ0v) is 15.2. The molecule has 24 heavy (non-hydrogen) atoms. The third-order valence-corrected chi connectivity index (χ3v) is 5.87. The Morgan fingerprint density at radius 2 is 1.71 bits per heavy atom. The molecule has 2 rings (SSSR count). The summed E-state index contributed by atoms with van der Waals surface area (Å²) in [5.41, 5.74) is 7.30. The number of aryl methyl sites for hydroxylation is 2. The second-order valence-electron chi connectivity index (χ2n) is 5.06. The maximum Gasteiger partial charge on any atom is 0.212 e. The van der Waals surface area contributed by atoms with Gasteiger partial charge in [-0.15, -0.1) is 11.8 Å². The van der Waals surface area contributed by atoms with E-state index in [9.17, 15) is 12.8 Å². The lowest BCUT2D eigenvalue weighted by Gasteiger charge is -2.12. The van der Waals surface area contributed by atoms with Crippen molar-refractivity contribution in [1.82, 2.24) is 9.97 Å². The maximum absolute atomic E-state index is 13.1. The van der Waals surface area contributed by atoms with Gasteiger partial charge in [-0.1, -0.05) is 6.92 Å². The lowest BCUT2D eigenvalue weighted by Crippen LogP contribution is -2.13. The number of benzene rings is 1. The molecule has 0 atom stereocenters. The first-order chi connectivity index (χ1) is 11.3. The number of hydrogen-bond donors (Lipinski definition) is 1. The van der Waals surface area contributed by atoms with E-state index in [0.29, 0.717) is 17.1 Å². The fraction of sp³-hybridized carbons (Fsp3) is 0.250. The standard InChI is InChI=1S/C16H18FN3O2S2/c1-4-23-15(18)14(16-19-10(2)9-11(3)20-16)24(21,22)13-7-5-12(17)6-8-13/h5-9H,4,18H2,1-3H3. The molecule has 0 unspecified atom stereocenters. The van der Waals surface area contributed by atoms with Crippen molar-refractivity contribution in [2.45, 2.75) is 25.7 Å². The molecule has 0 aliphatic heterocycles. The van der Waals surface area contributed by atoms with Crippen molar-refractivity contribution in [3.63, 3.8) is 0 Å². The van der Waals surface area contributed by atoms with Gasteiger partial charge in [-0.25, -0.2) is 22.8 Å². The molecule has 1 heterocycles. The summed E-state index contributed by atoms with van der Waals surface area (Å²) >= 11 is 1.19. The summed E-state index contributed by atoms with van der Waals surface area (Å²) < 4.78 is 39.2. The number of thioether (sulfide) groups is 1. The van der Waals surface area contributed by atoms with Crippen LogP contribution in [0.2, 0.25) is 0 Å². The Hall–Kier alpha value is -1.93. The molecule has 2 N–H and O–H groups in total. The molecule has 0 aliphatic carbocycles. The van der Waals surface area contributed by atoms with Crippen LogP contribution >= 0.6 is 11.8 Å². The maximum atomic E-state index is 13.1. The number of sulfone groups is 1.